The van der Waals surface area contributed by atoms with Crippen LogP contribution in [0.15, 0.2) is 85.1 Å². The highest BCUT2D eigenvalue weighted by Crippen LogP contribution is 2.43. The molecule has 338 valence electrons. The van der Waals surface area contributed by atoms with Gasteiger partial charge < -0.3 is 24.0 Å². The summed E-state index contributed by atoms with van der Waals surface area (Å²) in [6, 6.07) is 0. The summed E-state index contributed by atoms with van der Waals surface area (Å²) in [5, 5.41) is 8.80. The lowest BCUT2D eigenvalue weighted by Gasteiger charge is -2.24. The highest BCUT2D eigenvalue weighted by Gasteiger charge is 2.27. The molecule has 0 aromatic carbocycles. The molecule has 0 aromatic heterocycles. The van der Waals surface area contributed by atoms with E-state index in [4.69, 9.17) is 23.6 Å². The Morgan fingerprint density at radius 3 is 1.46 bits per heavy atom. The van der Waals surface area contributed by atoms with Gasteiger partial charge in [0, 0.05) is 19.4 Å². The third kappa shape index (κ3) is 44.5. The van der Waals surface area contributed by atoms with E-state index < -0.39 is 32.5 Å². The smallest absolute Gasteiger partial charge is 0.462 e. The molecule has 0 spiro atoms. The molecule has 59 heavy (non-hydrogen) atoms. The van der Waals surface area contributed by atoms with Gasteiger partial charge >= 0.3 is 19.8 Å². The second-order valence-corrected chi connectivity index (χ2v) is 17.3. The zero-order valence-electron chi connectivity index (χ0n) is 37.4. The zero-order valence-corrected chi connectivity index (χ0v) is 38.3. The number of carbonyl (C=O) groups is 2. The Morgan fingerprint density at radius 1 is 0.559 bits per heavy atom. The Morgan fingerprint density at radius 2 is 0.983 bits per heavy atom. The fraction of sp³-hybridized carbons (Fsp3) is 0.667. The first kappa shape index (κ1) is 56.1. The number of quaternary nitrogens is 1. The van der Waals surface area contributed by atoms with Crippen molar-refractivity contribution in [3.8, 4) is 0 Å². The molecule has 0 bridgehead atoms. The summed E-state index contributed by atoms with van der Waals surface area (Å²) < 4.78 is 34.2. The van der Waals surface area contributed by atoms with Crippen LogP contribution >= 0.6 is 7.82 Å². The second-order valence-electron chi connectivity index (χ2n) is 15.8. The molecule has 0 saturated heterocycles. The molecule has 0 radical (unpaired) electrons. The van der Waals surface area contributed by atoms with E-state index in [2.05, 4.69) is 79.8 Å². The number of aliphatic hydroxyl groups excluding tert-OH is 1. The number of allylic oxidation sites excluding steroid dienone is 14. The van der Waals surface area contributed by atoms with Gasteiger partial charge in [-0.3, -0.25) is 18.6 Å². The molecule has 0 heterocycles. The third-order valence-electron chi connectivity index (χ3n) is 8.95. The molecule has 1 unspecified atom stereocenters. The van der Waals surface area contributed by atoms with Gasteiger partial charge in [-0.25, -0.2) is 4.57 Å². The minimum absolute atomic E-state index is 0.00503. The van der Waals surface area contributed by atoms with Gasteiger partial charge in [0.2, 0.25) is 0 Å². The summed E-state index contributed by atoms with van der Waals surface area (Å²) in [5.74, 6) is -0.948. The Hall–Kier alpha value is -2.85. The van der Waals surface area contributed by atoms with Crippen molar-refractivity contribution in [1.82, 2.24) is 0 Å². The Labute approximate surface area is 359 Å². The van der Waals surface area contributed by atoms with Gasteiger partial charge in [-0.15, -0.1) is 0 Å². The number of carbonyl (C=O) groups excluding carboxylic acids is 2. The summed E-state index contributed by atoms with van der Waals surface area (Å²) in [6.45, 7) is 2.27. The van der Waals surface area contributed by atoms with E-state index in [-0.39, 0.29) is 32.7 Å². The number of esters is 2. The van der Waals surface area contributed by atoms with Crippen LogP contribution in [0.2, 0.25) is 0 Å². The van der Waals surface area contributed by atoms with Crippen molar-refractivity contribution >= 4 is 19.8 Å². The standard InChI is InChI=1S/C48H82NO9P/c1-5-6-7-8-9-10-11-12-13-15-19-22-25-28-31-34-37-40-48(52)58-46(45-57-59(53,54)56-43-41-49(2,3)4)44-55-47(51)39-36-33-30-27-24-21-18-16-14-17-20-23-26-29-32-35-38-42-50/h12-14,17-19,21-23,26-28,30-31,46,50H,5-11,15-16,20,24-25,29,32-45H2,1-4H3/p+1/b13-12-,17-14-,21-18-,22-19-,26-23-,30-27-,31-28-/t46-/m1/s1. The van der Waals surface area contributed by atoms with Crippen molar-refractivity contribution in [3.63, 3.8) is 0 Å². The van der Waals surface area contributed by atoms with Crippen molar-refractivity contribution in [1.29, 1.82) is 0 Å². The van der Waals surface area contributed by atoms with Crippen LogP contribution in [-0.4, -0.2) is 86.6 Å². The van der Waals surface area contributed by atoms with Gasteiger partial charge in [-0.1, -0.05) is 131 Å². The molecule has 0 aromatic rings. The number of unbranched alkanes of at least 4 members (excludes halogenated alkanes) is 11. The summed E-state index contributed by atoms with van der Waals surface area (Å²) >= 11 is 0. The number of hydrogen-bond donors (Lipinski definition) is 2. The Balaban J connectivity index is 4.54. The lowest BCUT2D eigenvalue weighted by atomic mass is 10.1. The van der Waals surface area contributed by atoms with Gasteiger partial charge in [0.15, 0.2) is 6.10 Å². The van der Waals surface area contributed by atoms with E-state index in [1.807, 2.05) is 33.3 Å². The first-order chi connectivity index (χ1) is 28.5. The van der Waals surface area contributed by atoms with Gasteiger partial charge in [0.05, 0.1) is 27.7 Å². The van der Waals surface area contributed by atoms with Crippen LogP contribution in [-0.2, 0) is 32.7 Å². The van der Waals surface area contributed by atoms with Gasteiger partial charge in [-0.2, -0.15) is 0 Å². The maximum Gasteiger partial charge on any atom is 0.472 e. The average molecular weight is 849 g/mol. The van der Waals surface area contributed by atoms with Gasteiger partial charge in [-0.05, 0) is 89.9 Å². The molecular weight excluding hydrogens is 766 g/mol. The van der Waals surface area contributed by atoms with Crippen LogP contribution in [0.25, 0.3) is 0 Å². The monoisotopic (exact) mass is 849 g/mol. The fourth-order valence-electron chi connectivity index (χ4n) is 5.41. The number of likely N-dealkylation sites (N-methyl/N-ethyl adjacent to an activating group) is 1. The van der Waals surface area contributed by atoms with Crippen molar-refractivity contribution in [2.45, 2.75) is 154 Å². The summed E-state index contributed by atoms with van der Waals surface area (Å²) in [6.07, 6.45) is 49.5. The van der Waals surface area contributed by atoms with Gasteiger partial charge in [0.25, 0.3) is 0 Å². The molecule has 11 heteroatoms. The van der Waals surface area contributed by atoms with E-state index in [0.29, 0.717) is 30.3 Å². The van der Waals surface area contributed by atoms with Crippen LogP contribution in [0.5, 0.6) is 0 Å². The van der Waals surface area contributed by atoms with E-state index >= 15 is 0 Å². The van der Waals surface area contributed by atoms with Gasteiger partial charge in [0.1, 0.15) is 19.8 Å². The summed E-state index contributed by atoms with van der Waals surface area (Å²) in [4.78, 5) is 35.3. The van der Waals surface area contributed by atoms with E-state index in [1.165, 1.54) is 38.5 Å². The summed E-state index contributed by atoms with van der Waals surface area (Å²) in [7, 11) is 1.39. The molecule has 2 N–H and O–H groups in total. The first-order valence-electron chi connectivity index (χ1n) is 22.4. The molecular formula is C48H83NO9P+. The minimum atomic E-state index is -4.41. The largest absolute Gasteiger partial charge is 0.472 e. The van der Waals surface area contributed by atoms with Crippen LogP contribution in [0.4, 0.5) is 0 Å². The number of hydrogen-bond acceptors (Lipinski definition) is 8. The number of nitrogens with zero attached hydrogens (tertiary/aromatic N) is 1. The molecule has 0 aliphatic rings. The first-order valence-corrected chi connectivity index (χ1v) is 23.9. The lowest BCUT2D eigenvalue weighted by molar-refractivity contribution is -0.870. The van der Waals surface area contributed by atoms with Crippen LogP contribution in [0, 0.1) is 0 Å². The number of rotatable bonds is 40. The predicted octanol–water partition coefficient (Wildman–Crippen LogP) is 11.8. The Bertz CT molecular complexity index is 1280. The minimum Gasteiger partial charge on any atom is -0.462 e. The van der Waals surface area contributed by atoms with E-state index in [9.17, 15) is 19.0 Å². The normalized spacial score (nSPS) is 14.3. The molecule has 2 atom stereocenters. The quantitative estimate of drug-likeness (QED) is 0.0204. The van der Waals surface area contributed by atoms with Crippen LogP contribution < -0.4 is 0 Å². The van der Waals surface area contributed by atoms with Crippen molar-refractivity contribution in [2.24, 2.45) is 0 Å². The second kappa shape index (κ2) is 40.6. The molecule has 0 fully saturated rings. The predicted molar refractivity (Wildman–Crippen MR) is 244 cm³/mol. The molecule has 10 nitrogen and oxygen atoms in total. The SMILES string of the molecule is CCCCCCCC/C=C\C/C=C\C/C=C\CCCC(=O)O[C@H](COC(=O)CCC/C=C\C/C=C\C/C=C\C/C=C\CCCCCO)COP(=O)(O)OCC[N+](C)(C)C. The Kier molecular flexibility index (Phi) is 38.6. The number of ether oxygens (including phenoxy) is 2. The molecule has 0 saturated carbocycles. The van der Waals surface area contributed by atoms with E-state index in [0.717, 1.165) is 70.6 Å². The lowest BCUT2D eigenvalue weighted by Crippen LogP contribution is -2.37. The number of aliphatic hydroxyl groups is 1. The highest BCUT2D eigenvalue weighted by molar-refractivity contribution is 7.47. The number of phosphoric acid groups is 1. The van der Waals surface area contributed by atoms with Crippen molar-refractivity contribution in [2.75, 3.05) is 54.1 Å². The molecule has 0 rings (SSSR count). The average Bonchev–Trinajstić information content (AvgIpc) is 3.19. The topological polar surface area (TPSA) is 129 Å². The summed E-state index contributed by atoms with van der Waals surface area (Å²) in [5.41, 5.74) is 0. The maximum absolute atomic E-state index is 12.7. The van der Waals surface area contributed by atoms with Crippen molar-refractivity contribution in [3.05, 3.63) is 85.1 Å². The zero-order chi connectivity index (χ0) is 43.6. The molecule has 0 amide bonds. The fourth-order valence-corrected chi connectivity index (χ4v) is 6.15. The van der Waals surface area contributed by atoms with Crippen molar-refractivity contribution < 1.29 is 47.2 Å². The molecule has 0 aliphatic carbocycles. The van der Waals surface area contributed by atoms with E-state index in [1.54, 1.807) is 0 Å². The molecule has 0 aliphatic heterocycles. The number of phosphoric ester groups is 1. The maximum atomic E-state index is 12.7. The van der Waals surface area contributed by atoms with Crippen LogP contribution in [0.3, 0.4) is 0 Å². The third-order valence-corrected chi connectivity index (χ3v) is 9.94. The highest BCUT2D eigenvalue weighted by atomic mass is 31.2. The van der Waals surface area contributed by atoms with Crippen LogP contribution in [0.1, 0.15) is 148 Å².